The second-order valence-corrected chi connectivity index (χ2v) is 5.83. The van der Waals surface area contributed by atoms with E-state index < -0.39 is 17.4 Å². The van der Waals surface area contributed by atoms with Crippen molar-refractivity contribution in [2.24, 2.45) is 0 Å². The first-order valence-electron chi connectivity index (χ1n) is 7.23. The molecule has 0 radical (unpaired) electrons. The maximum absolute atomic E-state index is 12.6. The van der Waals surface area contributed by atoms with Gasteiger partial charge >= 0.3 is 5.97 Å². The fourth-order valence-corrected chi connectivity index (χ4v) is 2.81. The van der Waals surface area contributed by atoms with Gasteiger partial charge < -0.3 is 10.1 Å². The monoisotopic (exact) mass is 309 g/mol. The number of amides is 1. The Morgan fingerprint density at radius 3 is 2.67 bits per heavy atom. The Morgan fingerprint density at radius 2 is 2.14 bits per heavy atom. The minimum absolute atomic E-state index is 0.128. The van der Waals surface area contributed by atoms with Crippen molar-refractivity contribution in [2.45, 2.75) is 44.6 Å². The molecule has 5 heteroatoms. The molecule has 0 aliphatic heterocycles. The maximum atomic E-state index is 12.6. The van der Waals surface area contributed by atoms with Gasteiger partial charge in [0.2, 0.25) is 5.91 Å². The number of hydrogen-bond donors (Lipinski definition) is 1. The van der Waals surface area contributed by atoms with Crippen molar-refractivity contribution in [3.8, 4) is 0 Å². The highest BCUT2D eigenvalue weighted by atomic mass is 35.5. The van der Waals surface area contributed by atoms with Crippen LogP contribution >= 0.6 is 11.6 Å². The maximum Gasteiger partial charge on any atom is 0.328 e. The molecular formula is C16H20ClNO3. The molecule has 1 saturated carbocycles. The lowest BCUT2D eigenvalue weighted by molar-refractivity contribution is -0.148. The molecule has 21 heavy (non-hydrogen) atoms. The van der Waals surface area contributed by atoms with E-state index in [-0.39, 0.29) is 5.91 Å². The van der Waals surface area contributed by atoms with E-state index in [2.05, 4.69) is 5.32 Å². The van der Waals surface area contributed by atoms with Crippen LogP contribution in [-0.4, -0.2) is 24.5 Å². The van der Waals surface area contributed by atoms with E-state index in [1.54, 1.807) is 19.9 Å². The van der Waals surface area contributed by atoms with Crippen molar-refractivity contribution in [3.63, 3.8) is 0 Å². The van der Waals surface area contributed by atoms with Crippen molar-refractivity contribution in [1.29, 1.82) is 0 Å². The summed E-state index contributed by atoms with van der Waals surface area (Å²) in [6.07, 6.45) is 2.54. The third-order valence-electron chi connectivity index (χ3n) is 4.01. The van der Waals surface area contributed by atoms with Crippen LogP contribution in [0, 0.1) is 0 Å². The van der Waals surface area contributed by atoms with E-state index in [1.165, 1.54) is 0 Å². The molecule has 1 unspecified atom stereocenters. The summed E-state index contributed by atoms with van der Waals surface area (Å²) in [6, 6.07) is 6.74. The van der Waals surface area contributed by atoms with Gasteiger partial charge in [-0.2, -0.15) is 0 Å². The third kappa shape index (κ3) is 3.21. The number of ether oxygens (including phenoxy) is 1. The molecule has 0 spiro atoms. The zero-order valence-corrected chi connectivity index (χ0v) is 13.1. The number of esters is 1. The summed E-state index contributed by atoms with van der Waals surface area (Å²) >= 11 is 6.03. The van der Waals surface area contributed by atoms with Crippen LogP contribution in [0.3, 0.4) is 0 Å². The summed E-state index contributed by atoms with van der Waals surface area (Å²) in [6.45, 7) is 3.69. The molecule has 0 heterocycles. The molecule has 0 bridgehead atoms. The van der Waals surface area contributed by atoms with Crippen molar-refractivity contribution >= 4 is 23.5 Å². The zero-order chi connectivity index (χ0) is 15.5. The van der Waals surface area contributed by atoms with Gasteiger partial charge in [-0.05, 0) is 44.4 Å². The van der Waals surface area contributed by atoms with Gasteiger partial charge in [-0.1, -0.05) is 30.2 Å². The molecule has 1 fully saturated rings. The summed E-state index contributed by atoms with van der Waals surface area (Å²) in [5.41, 5.74) is 0.348. The molecule has 0 aromatic heterocycles. The summed E-state index contributed by atoms with van der Waals surface area (Å²) < 4.78 is 4.92. The molecule has 1 aromatic carbocycles. The van der Waals surface area contributed by atoms with E-state index in [0.717, 1.165) is 24.8 Å². The van der Waals surface area contributed by atoms with E-state index in [1.807, 2.05) is 18.2 Å². The van der Waals surface area contributed by atoms with Gasteiger partial charge in [0, 0.05) is 5.02 Å². The molecule has 1 atom stereocenters. The number of halogens is 1. The third-order valence-corrected chi connectivity index (χ3v) is 4.24. The first-order valence-corrected chi connectivity index (χ1v) is 7.61. The Kier molecular flexibility index (Phi) is 4.88. The highest BCUT2D eigenvalue weighted by molar-refractivity contribution is 6.30. The Morgan fingerprint density at radius 1 is 1.43 bits per heavy atom. The predicted octanol–water partition coefficient (Wildman–Crippen LogP) is 2.83. The molecule has 1 aliphatic rings. The molecule has 114 valence electrons. The summed E-state index contributed by atoms with van der Waals surface area (Å²) in [5.74, 6) is -0.539. The van der Waals surface area contributed by atoms with Gasteiger partial charge in [-0.25, -0.2) is 4.79 Å². The Balaban J connectivity index is 2.14. The topological polar surface area (TPSA) is 55.4 Å². The first-order chi connectivity index (χ1) is 9.99. The predicted molar refractivity (Wildman–Crippen MR) is 81.2 cm³/mol. The summed E-state index contributed by atoms with van der Waals surface area (Å²) in [7, 11) is 0. The number of rotatable bonds is 5. The van der Waals surface area contributed by atoms with Crippen molar-refractivity contribution in [2.75, 3.05) is 6.61 Å². The van der Waals surface area contributed by atoms with Crippen LogP contribution in [0.2, 0.25) is 5.02 Å². The zero-order valence-electron chi connectivity index (χ0n) is 12.3. The van der Waals surface area contributed by atoms with Crippen LogP contribution in [0.15, 0.2) is 24.3 Å². The van der Waals surface area contributed by atoms with Crippen LogP contribution in [0.25, 0.3) is 0 Å². The van der Waals surface area contributed by atoms with E-state index in [4.69, 9.17) is 16.3 Å². The number of nitrogens with one attached hydrogen (secondary N) is 1. The largest absolute Gasteiger partial charge is 0.464 e. The van der Waals surface area contributed by atoms with E-state index >= 15 is 0 Å². The standard InChI is InChI=1S/C16H20ClNO3/c1-3-21-14(19)11(2)18-15(20)16(8-5-9-16)12-6-4-7-13(17)10-12/h4,6-7,10-11H,3,5,8-9H2,1-2H3,(H,18,20). The number of hydrogen-bond acceptors (Lipinski definition) is 3. The molecule has 1 amide bonds. The van der Waals surface area contributed by atoms with Crippen LogP contribution < -0.4 is 5.32 Å². The van der Waals surface area contributed by atoms with Gasteiger partial charge in [0.05, 0.1) is 12.0 Å². The molecule has 0 saturated heterocycles. The number of carbonyl (C=O) groups excluding carboxylic acids is 2. The quantitative estimate of drug-likeness (QED) is 0.851. The van der Waals surface area contributed by atoms with Gasteiger partial charge in [-0.3, -0.25) is 4.79 Å². The second-order valence-electron chi connectivity index (χ2n) is 5.39. The molecular weight excluding hydrogens is 290 g/mol. The second kappa shape index (κ2) is 6.48. The van der Waals surface area contributed by atoms with Crippen molar-refractivity contribution < 1.29 is 14.3 Å². The Labute approximate surface area is 129 Å². The minimum atomic E-state index is -0.644. The smallest absolute Gasteiger partial charge is 0.328 e. The molecule has 4 nitrogen and oxygen atoms in total. The SMILES string of the molecule is CCOC(=O)C(C)NC(=O)C1(c2cccc(Cl)c2)CCC1. The average molecular weight is 310 g/mol. The Bertz CT molecular complexity index is 540. The van der Waals surface area contributed by atoms with Crippen LogP contribution in [-0.2, 0) is 19.7 Å². The minimum Gasteiger partial charge on any atom is -0.464 e. The molecule has 2 rings (SSSR count). The molecule has 1 N–H and O–H groups in total. The van der Waals surface area contributed by atoms with E-state index in [9.17, 15) is 9.59 Å². The first kappa shape index (κ1) is 15.8. The highest BCUT2D eigenvalue weighted by Crippen LogP contribution is 2.44. The molecule has 1 aliphatic carbocycles. The normalized spacial score (nSPS) is 17.5. The van der Waals surface area contributed by atoms with Crippen molar-refractivity contribution in [3.05, 3.63) is 34.9 Å². The van der Waals surface area contributed by atoms with Crippen LogP contribution in [0.1, 0.15) is 38.7 Å². The van der Waals surface area contributed by atoms with Crippen LogP contribution in [0.4, 0.5) is 0 Å². The van der Waals surface area contributed by atoms with Gasteiger partial charge in [-0.15, -0.1) is 0 Å². The lowest BCUT2D eigenvalue weighted by Gasteiger charge is -2.41. The van der Waals surface area contributed by atoms with Gasteiger partial charge in [0.25, 0.3) is 0 Å². The lowest BCUT2D eigenvalue weighted by atomic mass is 9.63. The molecule has 1 aromatic rings. The fraction of sp³-hybridized carbons (Fsp3) is 0.500. The van der Waals surface area contributed by atoms with Gasteiger partial charge in [0.15, 0.2) is 0 Å². The van der Waals surface area contributed by atoms with E-state index in [0.29, 0.717) is 11.6 Å². The number of carbonyl (C=O) groups is 2. The average Bonchev–Trinajstić information content (AvgIpc) is 2.37. The highest BCUT2D eigenvalue weighted by Gasteiger charge is 2.46. The Hall–Kier alpha value is -1.55. The van der Waals surface area contributed by atoms with Gasteiger partial charge in [0.1, 0.15) is 6.04 Å². The summed E-state index contributed by atoms with van der Waals surface area (Å²) in [5, 5.41) is 3.38. The summed E-state index contributed by atoms with van der Waals surface area (Å²) in [4.78, 5) is 24.3. The van der Waals surface area contributed by atoms with Crippen LogP contribution in [0.5, 0.6) is 0 Å². The lowest BCUT2D eigenvalue weighted by Crippen LogP contribution is -2.53. The number of benzene rings is 1. The fourth-order valence-electron chi connectivity index (χ4n) is 2.62. The van der Waals surface area contributed by atoms with Crippen molar-refractivity contribution in [1.82, 2.24) is 5.32 Å².